The van der Waals surface area contributed by atoms with Crippen molar-refractivity contribution in [1.29, 1.82) is 0 Å². The number of ether oxygens (including phenoxy) is 1. The highest BCUT2D eigenvalue weighted by Gasteiger charge is 2.39. The Morgan fingerprint density at radius 2 is 1.82 bits per heavy atom. The molecule has 3 nitrogen and oxygen atoms in total. The van der Waals surface area contributed by atoms with E-state index in [0.29, 0.717) is 6.61 Å². The quantitative estimate of drug-likeness (QED) is 0.702. The van der Waals surface area contributed by atoms with E-state index in [9.17, 15) is 8.42 Å². The highest BCUT2D eigenvalue weighted by molar-refractivity contribution is 8.13. The molecule has 0 aromatic rings. The second-order valence-corrected chi connectivity index (χ2v) is 8.57. The van der Waals surface area contributed by atoms with Crippen molar-refractivity contribution in [3.63, 3.8) is 0 Å². The first-order valence-corrected chi connectivity index (χ1v) is 8.72. The van der Waals surface area contributed by atoms with Gasteiger partial charge in [0, 0.05) is 16.1 Å². The lowest BCUT2D eigenvalue weighted by molar-refractivity contribution is -0.0582. The van der Waals surface area contributed by atoms with Gasteiger partial charge in [0.05, 0.1) is 18.0 Å². The molecular formula is C12H23ClO3S. The van der Waals surface area contributed by atoms with E-state index in [4.69, 9.17) is 15.4 Å². The molecule has 0 N–H and O–H groups in total. The Hall–Kier alpha value is 0.200. The van der Waals surface area contributed by atoms with Crippen molar-refractivity contribution in [1.82, 2.24) is 0 Å². The molecule has 0 aromatic carbocycles. The van der Waals surface area contributed by atoms with E-state index in [0.717, 1.165) is 32.1 Å². The lowest BCUT2D eigenvalue weighted by atomic mass is 9.89. The number of hydrogen-bond donors (Lipinski definition) is 0. The third kappa shape index (κ3) is 5.14. The zero-order valence-corrected chi connectivity index (χ0v) is 12.5. The van der Waals surface area contributed by atoms with Crippen LogP contribution in [0.4, 0.5) is 0 Å². The molecule has 0 radical (unpaired) electrons. The minimum absolute atomic E-state index is 0.0430. The van der Waals surface area contributed by atoms with E-state index in [1.165, 1.54) is 0 Å². The SMILES string of the molecule is CCC(C)(C)OCC1(CS(=O)(=O)Cl)CCCC1. The molecule has 17 heavy (non-hydrogen) atoms. The molecular weight excluding hydrogens is 260 g/mol. The maximum absolute atomic E-state index is 11.3. The summed E-state index contributed by atoms with van der Waals surface area (Å²) in [6.45, 7) is 6.63. The average Bonchev–Trinajstić information content (AvgIpc) is 2.62. The lowest BCUT2D eigenvalue weighted by Gasteiger charge is -2.33. The van der Waals surface area contributed by atoms with Crippen LogP contribution in [-0.2, 0) is 13.8 Å². The van der Waals surface area contributed by atoms with Gasteiger partial charge in [0.1, 0.15) is 0 Å². The van der Waals surface area contributed by atoms with Gasteiger partial charge in [0.2, 0.25) is 9.05 Å². The van der Waals surface area contributed by atoms with E-state index in [-0.39, 0.29) is 16.8 Å². The summed E-state index contributed by atoms with van der Waals surface area (Å²) in [7, 11) is 1.96. The third-order valence-corrected chi connectivity index (χ3v) is 5.05. The van der Waals surface area contributed by atoms with E-state index >= 15 is 0 Å². The standard InChI is InChI=1S/C12H23ClO3S/c1-4-11(2,3)16-9-12(7-5-6-8-12)10-17(13,14)15/h4-10H2,1-3H3. The van der Waals surface area contributed by atoms with Gasteiger partial charge >= 0.3 is 0 Å². The first-order valence-electron chi connectivity index (χ1n) is 6.24. The molecule has 0 unspecified atom stereocenters. The molecule has 0 aromatic heterocycles. The molecule has 0 heterocycles. The summed E-state index contributed by atoms with van der Waals surface area (Å²) in [5.41, 5.74) is -0.446. The maximum atomic E-state index is 11.3. The summed E-state index contributed by atoms with van der Waals surface area (Å²) in [6.07, 6.45) is 4.86. The summed E-state index contributed by atoms with van der Waals surface area (Å²) in [6, 6.07) is 0. The van der Waals surface area contributed by atoms with E-state index in [1.54, 1.807) is 0 Å². The van der Waals surface area contributed by atoms with Crippen LogP contribution in [0.3, 0.4) is 0 Å². The van der Waals surface area contributed by atoms with Crippen LogP contribution >= 0.6 is 10.7 Å². The van der Waals surface area contributed by atoms with Crippen LogP contribution in [0.5, 0.6) is 0 Å². The highest BCUT2D eigenvalue weighted by atomic mass is 35.7. The highest BCUT2D eigenvalue weighted by Crippen LogP contribution is 2.41. The Kier molecular flexibility index (Phi) is 4.89. The fraction of sp³-hybridized carbons (Fsp3) is 1.00. The first-order chi connectivity index (χ1) is 7.68. The molecule has 0 atom stereocenters. The largest absolute Gasteiger partial charge is 0.375 e. The van der Waals surface area contributed by atoms with Crippen LogP contribution in [0, 0.1) is 5.41 Å². The summed E-state index contributed by atoms with van der Waals surface area (Å²) < 4.78 is 28.5. The second kappa shape index (κ2) is 5.45. The molecule has 0 bridgehead atoms. The fourth-order valence-corrected chi connectivity index (χ4v) is 4.07. The van der Waals surface area contributed by atoms with Gasteiger partial charge in [0.15, 0.2) is 0 Å². The molecule has 1 aliphatic rings. The van der Waals surface area contributed by atoms with Gasteiger partial charge in [-0.3, -0.25) is 0 Å². The summed E-state index contributed by atoms with van der Waals surface area (Å²) in [5.74, 6) is 0.0430. The molecule has 5 heteroatoms. The Bertz CT molecular complexity index is 343. The molecule has 1 aliphatic carbocycles. The molecule has 0 aliphatic heterocycles. The molecule has 0 saturated heterocycles. The van der Waals surface area contributed by atoms with Crippen molar-refractivity contribution in [2.45, 2.75) is 58.5 Å². The van der Waals surface area contributed by atoms with Crippen molar-refractivity contribution < 1.29 is 13.2 Å². The van der Waals surface area contributed by atoms with Gasteiger partial charge in [-0.2, -0.15) is 0 Å². The van der Waals surface area contributed by atoms with Crippen molar-refractivity contribution in [2.75, 3.05) is 12.4 Å². The summed E-state index contributed by atoms with van der Waals surface area (Å²) in [4.78, 5) is 0. The fourth-order valence-electron chi connectivity index (χ4n) is 2.27. The van der Waals surface area contributed by atoms with Gasteiger partial charge in [-0.15, -0.1) is 0 Å². The minimum atomic E-state index is -3.45. The molecule has 0 spiro atoms. The van der Waals surface area contributed by atoms with E-state index in [1.807, 2.05) is 13.8 Å². The molecule has 1 rings (SSSR count). The van der Waals surface area contributed by atoms with Gasteiger partial charge in [-0.05, 0) is 33.1 Å². The molecule has 1 fully saturated rings. The van der Waals surface area contributed by atoms with Crippen molar-refractivity contribution in [2.24, 2.45) is 5.41 Å². The summed E-state index contributed by atoms with van der Waals surface area (Å²) in [5, 5.41) is 0. The van der Waals surface area contributed by atoms with Crippen molar-refractivity contribution >= 4 is 19.7 Å². The Balaban J connectivity index is 2.67. The van der Waals surface area contributed by atoms with Crippen LogP contribution < -0.4 is 0 Å². The third-order valence-electron chi connectivity index (χ3n) is 3.76. The van der Waals surface area contributed by atoms with Crippen LogP contribution in [0.1, 0.15) is 52.9 Å². The predicted molar refractivity (Wildman–Crippen MR) is 70.9 cm³/mol. The van der Waals surface area contributed by atoms with Crippen molar-refractivity contribution in [3.8, 4) is 0 Å². The van der Waals surface area contributed by atoms with Crippen LogP contribution in [0.2, 0.25) is 0 Å². The van der Waals surface area contributed by atoms with E-state index < -0.39 is 9.05 Å². The topological polar surface area (TPSA) is 43.4 Å². The van der Waals surface area contributed by atoms with E-state index in [2.05, 4.69) is 6.92 Å². The summed E-state index contributed by atoms with van der Waals surface area (Å²) >= 11 is 0. The van der Waals surface area contributed by atoms with Crippen LogP contribution in [0.15, 0.2) is 0 Å². The maximum Gasteiger partial charge on any atom is 0.233 e. The zero-order chi connectivity index (χ0) is 13.2. The average molecular weight is 283 g/mol. The zero-order valence-electron chi connectivity index (χ0n) is 11.0. The van der Waals surface area contributed by atoms with Gasteiger partial charge < -0.3 is 4.74 Å². The second-order valence-electron chi connectivity index (χ2n) is 5.79. The Morgan fingerprint density at radius 3 is 2.24 bits per heavy atom. The van der Waals surface area contributed by atoms with Crippen LogP contribution in [0.25, 0.3) is 0 Å². The lowest BCUT2D eigenvalue weighted by Crippen LogP contribution is -2.35. The monoisotopic (exact) mass is 282 g/mol. The van der Waals surface area contributed by atoms with Crippen molar-refractivity contribution in [3.05, 3.63) is 0 Å². The number of hydrogen-bond acceptors (Lipinski definition) is 3. The normalized spacial score (nSPS) is 20.7. The molecule has 1 saturated carbocycles. The minimum Gasteiger partial charge on any atom is -0.375 e. The molecule has 0 amide bonds. The number of rotatable bonds is 6. The predicted octanol–water partition coefficient (Wildman–Crippen LogP) is 3.32. The first kappa shape index (κ1) is 15.3. The van der Waals surface area contributed by atoms with Gasteiger partial charge in [-0.1, -0.05) is 19.8 Å². The smallest absolute Gasteiger partial charge is 0.233 e. The van der Waals surface area contributed by atoms with Crippen LogP contribution in [-0.4, -0.2) is 26.4 Å². The molecule has 102 valence electrons. The Morgan fingerprint density at radius 1 is 1.29 bits per heavy atom. The number of halogens is 1. The van der Waals surface area contributed by atoms with Gasteiger partial charge in [0.25, 0.3) is 0 Å². The Labute approximate surface area is 109 Å². The van der Waals surface area contributed by atoms with Gasteiger partial charge in [-0.25, -0.2) is 8.42 Å².